The Bertz CT molecular complexity index is 688. The Morgan fingerprint density at radius 1 is 1.38 bits per heavy atom. The van der Waals surface area contributed by atoms with Gasteiger partial charge in [0.1, 0.15) is 17.1 Å². The van der Waals surface area contributed by atoms with Gasteiger partial charge in [0.25, 0.3) is 5.91 Å². The third-order valence-electron chi connectivity index (χ3n) is 4.55. The minimum atomic E-state index is -0.532. The van der Waals surface area contributed by atoms with Gasteiger partial charge in [-0.15, -0.1) is 0 Å². The molecule has 1 saturated heterocycles. The molecule has 1 fully saturated rings. The molecule has 0 bridgehead atoms. The van der Waals surface area contributed by atoms with Crippen LogP contribution in [0.1, 0.15) is 36.0 Å². The Morgan fingerprint density at radius 3 is 3.00 bits per heavy atom. The van der Waals surface area contributed by atoms with E-state index in [-0.39, 0.29) is 23.3 Å². The van der Waals surface area contributed by atoms with Crippen LogP contribution in [0.5, 0.6) is 5.75 Å². The summed E-state index contributed by atoms with van der Waals surface area (Å²) in [5.41, 5.74) is 0.0333. The fourth-order valence-electron chi connectivity index (χ4n) is 3.31. The summed E-state index contributed by atoms with van der Waals surface area (Å²) in [4.78, 5) is 14.8. The predicted molar refractivity (Wildman–Crippen MR) is 88.5 cm³/mol. The summed E-state index contributed by atoms with van der Waals surface area (Å²) in [7, 11) is 1.46. The summed E-state index contributed by atoms with van der Waals surface area (Å²) in [5.74, 6) is -0.526. The molecule has 0 unspecified atom stereocenters. The van der Waals surface area contributed by atoms with Gasteiger partial charge in [0.2, 0.25) is 0 Å². The lowest BCUT2D eigenvalue weighted by Gasteiger charge is -2.36. The van der Waals surface area contributed by atoms with E-state index in [2.05, 4.69) is 5.10 Å². The number of ether oxygens (including phenoxy) is 1. The highest BCUT2D eigenvalue weighted by Crippen LogP contribution is 2.28. The lowest BCUT2D eigenvalue weighted by atomic mass is 9.98. The van der Waals surface area contributed by atoms with Crippen LogP contribution < -0.4 is 4.74 Å². The van der Waals surface area contributed by atoms with E-state index in [0.717, 1.165) is 32.2 Å². The number of aromatic nitrogens is 2. The van der Waals surface area contributed by atoms with Crippen LogP contribution in [0.4, 0.5) is 4.39 Å². The third-order valence-corrected chi connectivity index (χ3v) is 4.55. The van der Waals surface area contributed by atoms with Crippen molar-refractivity contribution in [2.24, 2.45) is 0 Å². The summed E-state index contributed by atoms with van der Waals surface area (Å²) in [5, 5.41) is 4.20. The highest BCUT2D eigenvalue weighted by atomic mass is 19.1. The monoisotopic (exact) mass is 331 g/mol. The summed E-state index contributed by atoms with van der Waals surface area (Å²) in [6, 6.07) is 6.46. The van der Waals surface area contributed by atoms with Crippen molar-refractivity contribution in [2.75, 3.05) is 13.7 Å². The molecule has 1 aliphatic heterocycles. The molecule has 0 radical (unpaired) electrons. The largest absolute Gasteiger partial charge is 0.496 e. The number of likely N-dealkylation sites (tertiary alicyclic amines) is 1. The standard InChI is InChI=1S/C18H22FN3O2/c1-24-16-8-4-7-15(19)17(16)18(23)22-12-3-2-6-14(22)9-13-21-11-5-10-20-21/h4-5,7-8,10-11,14H,2-3,6,9,12-13H2,1H3/t14-/m0/s1. The maximum absolute atomic E-state index is 14.2. The lowest BCUT2D eigenvalue weighted by Crippen LogP contribution is -2.44. The SMILES string of the molecule is COc1cccc(F)c1C(=O)N1CCCC[C@H]1CCn1cccn1. The molecule has 1 atom stereocenters. The molecular weight excluding hydrogens is 309 g/mol. The molecule has 6 heteroatoms. The number of halogens is 1. The summed E-state index contributed by atoms with van der Waals surface area (Å²) >= 11 is 0. The zero-order valence-electron chi connectivity index (χ0n) is 13.8. The number of amides is 1. The first kappa shape index (κ1) is 16.5. The molecule has 0 spiro atoms. The number of methoxy groups -OCH3 is 1. The van der Waals surface area contributed by atoms with Crippen LogP contribution in [0.2, 0.25) is 0 Å². The number of nitrogens with zero attached hydrogens (tertiary/aromatic N) is 3. The molecule has 0 saturated carbocycles. The highest BCUT2D eigenvalue weighted by molar-refractivity contribution is 5.97. The van der Waals surface area contributed by atoms with Crippen molar-refractivity contribution in [3.8, 4) is 5.75 Å². The summed E-state index contributed by atoms with van der Waals surface area (Å²) in [6.07, 6.45) is 7.43. The van der Waals surface area contributed by atoms with Crippen molar-refractivity contribution < 1.29 is 13.9 Å². The Balaban J connectivity index is 1.78. The lowest BCUT2D eigenvalue weighted by molar-refractivity contribution is 0.0585. The second kappa shape index (κ2) is 7.47. The van der Waals surface area contributed by atoms with Crippen molar-refractivity contribution in [3.05, 3.63) is 48.0 Å². The first-order chi connectivity index (χ1) is 11.7. The van der Waals surface area contributed by atoms with E-state index < -0.39 is 5.82 Å². The van der Waals surface area contributed by atoms with Gasteiger partial charge in [0, 0.05) is 31.5 Å². The van der Waals surface area contributed by atoms with Gasteiger partial charge in [0.05, 0.1) is 7.11 Å². The van der Waals surface area contributed by atoms with Crippen LogP contribution in [-0.2, 0) is 6.54 Å². The molecule has 24 heavy (non-hydrogen) atoms. The molecule has 5 nitrogen and oxygen atoms in total. The predicted octanol–water partition coefficient (Wildman–Crippen LogP) is 3.12. The molecule has 2 aromatic rings. The highest BCUT2D eigenvalue weighted by Gasteiger charge is 2.30. The minimum Gasteiger partial charge on any atom is -0.496 e. The number of carbonyl (C=O) groups excluding carboxylic acids is 1. The molecule has 1 amide bonds. The van der Waals surface area contributed by atoms with Crippen molar-refractivity contribution in [2.45, 2.75) is 38.3 Å². The van der Waals surface area contributed by atoms with Gasteiger partial charge in [-0.2, -0.15) is 5.10 Å². The molecule has 128 valence electrons. The quantitative estimate of drug-likeness (QED) is 0.846. The Kier molecular flexibility index (Phi) is 5.13. The minimum absolute atomic E-state index is 0.0333. The van der Waals surface area contributed by atoms with Crippen LogP contribution in [-0.4, -0.2) is 40.3 Å². The van der Waals surface area contributed by atoms with Crippen LogP contribution in [0.15, 0.2) is 36.7 Å². The fourth-order valence-corrected chi connectivity index (χ4v) is 3.31. The Labute approximate surface area is 141 Å². The molecule has 1 aromatic carbocycles. The van der Waals surface area contributed by atoms with Crippen LogP contribution in [0.3, 0.4) is 0 Å². The number of rotatable bonds is 5. The van der Waals surface area contributed by atoms with Crippen LogP contribution in [0, 0.1) is 5.82 Å². The molecule has 0 aliphatic carbocycles. The molecule has 2 heterocycles. The normalized spacial score (nSPS) is 17.8. The number of piperidine rings is 1. The third kappa shape index (κ3) is 3.42. The van der Waals surface area contributed by atoms with E-state index in [1.807, 2.05) is 16.9 Å². The molecular formula is C18H22FN3O2. The number of aryl methyl sites for hydroxylation is 1. The van der Waals surface area contributed by atoms with Crippen molar-refractivity contribution in [1.82, 2.24) is 14.7 Å². The van der Waals surface area contributed by atoms with Gasteiger partial charge in [0.15, 0.2) is 0 Å². The topological polar surface area (TPSA) is 47.4 Å². The summed E-state index contributed by atoms with van der Waals surface area (Å²) in [6.45, 7) is 1.40. The fraction of sp³-hybridized carbons (Fsp3) is 0.444. The molecule has 3 rings (SSSR count). The number of hydrogen-bond donors (Lipinski definition) is 0. The van der Waals surface area contributed by atoms with Gasteiger partial charge in [-0.25, -0.2) is 4.39 Å². The Hall–Kier alpha value is -2.37. The van der Waals surface area contributed by atoms with E-state index in [9.17, 15) is 9.18 Å². The maximum Gasteiger partial charge on any atom is 0.260 e. The van der Waals surface area contributed by atoms with Crippen LogP contribution >= 0.6 is 0 Å². The maximum atomic E-state index is 14.2. The first-order valence-electron chi connectivity index (χ1n) is 8.31. The number of hydrogen-bond acceptors (Lipinski definition) is 3. The zero-order chi connectivity index (χ0) is 16.9. The van der Waals surface area contributed by atoms with E-state index in [4.69, 9.17) is 4.74 Å². The first-order valence-corrected chi connectivity index (χ1v) is 8.31. The average Bonchev–Trinajstić information content (AvgIpc) is 3.13. The van der Waals surface area contributed by atoms with E-state index in [1.54, 1.807) is 23.2 Å². The average molecular weight is 331 g/mol. The smallest absolute Gasteiger partial charge is 0.260 e. The van der Waals surface area contributed by atoms with E-state index >= 15 is 0 Å². The van der Waals surface area contributed by atoms with E-state index in [1.165, 1.54) is 13.2 Å². The van der Waals surface area contributed by atoms with Crippen LogP contribution in [0.25, 0.3) is 0 Å². The molecule has 1 aliphatic rings. The van der Waals surface area contributed by atoms with Crippen molar-refractivity contribution >= 4 is 5.91 Å². The van der Waals surface area contributed by atoms with E-state index in [0.29, 0.717) is 6.54 Å². The van der Waals surface area contributed by atoms with Gasteiger partial charge in [-0.1, -0.05) is 6.07 Å². The number of benzene rings is 1. The van der Waals surface area contributed by atoms with Gasteiger partial charge in [-0.05, 0) is 43.9 Å². The second-order valence-electron chi connectivity index (χ2n) is 6.02. The summed E-state index contributed by atoms with van der Waals surface area (Å²) < 4.78 is 21.3. The van der Waals surface area contributed by atoms with Crippen molar-refractivity contribution in [1.29, 1.82) is 0 Å². The Morgan fingerprint density at radius 2 is 2.25 bits per heavy atom. The second-order valence-corrected chi connectivity index (χ2v) is 6.02. The zero-order valence-corrected chi connectivity index (χ0v) is 13.8. The van der Waals surface area contributed by atoms with Gasteiger partial charge in [-0.3, -0.25) is 9.48 Å². The molecule has 0 N–H and O–H groups in total. The molecule has 1 aromatic heterocycles. The van der Waals surface area contributed by atoms with Gasteiger partial charge >= 0.3 is 0 Å². The van der Waals surface area contributed by atoms with Crippen molar-refractivity contribution in [3.63, 3.8) is 0 Å². The van der Waals surface area contributed by atoms with Gasteiger partial charge < -0.3 is 9.64 Å². The number of carbonyl (C=O) groups is 1.